The van der Waals surface area contributed by atoms with Crippen molar-refractivity contribution in [2.24, 2.45) is 4.99 Å². The predicted molar refractivity (Wildman–Crippen MR) is 125 cm³/mol. The zero-order valence-corrected chi connectivity index (χ0v) is 19.2. The van der Waals surface area contributed by atoms with Crippen LogP contribution in [0.25, 0.3) is 5.70 Å². The van der Waals surface area contributed by atoms with Gasteiger partial charge in [-0.1, -0.05) is 36.7 Å². The summed E-state index contributed by atoms with van der Waals surface area (Å²) in [4.78, 5) is 6.50. The third kappa shape index (κ3) is 4.36. The molecule has 0 fully saturated rings. The number of hydrogen-bond acceptors (Lipinski definition) is 5. The fourth-order valence-electron chi connectivity index (χ4n) is 3.72. The van der Waals surface area contributed by atoms with E-state index in [0.717, 1.165) is 5.57 Å². The molecule has 1 aliphatic carbocycles. The molecule has 1 aliphatic heterocycles. The highest BCUT2D eigenvalue weighted by atomic mass is 35.5. The van der Waals surface area contributed by atoms with Gasteiger partial charge in [-0.15, -0.1) is 0 Å². The molecule has 2 aromatic rings. The lowest BCUT2D eigenvalue weighted by Gasteiger charge is -2.33. The highest BCUT2D eigenvalue weighted by Crippen LogP contribution is 2.37. The van der Waals surface area contributed by atoms with Crippen LogP contribution < -0.4 is 4.74 Å². The number of nitrogens with zero attached hydrogens (tertiary/aromatic N) is 2. The van der Waals surface area contributed by atoms with Crippen molar-refractivity contribution in [1.29, 1.82) is 0 Å². The normalized spacial score (nSPS) is 17.9. The molecule has 8 heteroatoms. The molecular weight excluding hydrogens is 451 g/mol. The molecule has 2 aromatic carbocycles. The molecule has 0 saturated heterocycles. The number of ether oxygens (including phenoxy) is 1. The van der Waals surface area contributed by atoms with Crippen LogP contribution in [0.1, 0.15) is 18.9 Å². The first-order valence-electron chi connectivity index (χ1n) is 10.1. The number of hydrogen-bond donors (Lipinski definition) is 0. The Morgan fingerprint density at radius 3 is 2.75 bits per heavy atom. The number of aliphatic imine (C=N–C) groups is 1. The van der Waals surface area contributed by atoms with E-state index in [9.17, 15) is 12.8 Å². The number of halogens is 2. The van der Waals surface area contributed by atoms with Gasteiger partial charge >= 0.3 is 0 Å². The Kier molecular flexibility index (Phi) is 6.22. The van der Waals surface area contributed by atoms with Gasteiger partial charge in [-0.05, 0) is 48.9 Å². The molecule has 4 rings (SSSR count). The molecule has 0 N–H and O–H groups in total. The fourth-order valence-corrected chi connectivity index (χ4v) is 5.41. The van der Waals surface area contributed by atoms with E-state index in [2.05, 4.69) is 4.99 Å². The first kappa shape index (κ1) is 22.3. The number of allylic oxidation sites excluding steroid dienone is 2. The molecule has 0 radical (unpaired) electrons. The number of benzene rings is 2. The van der Waals surface area contributed by atoms with Gasteiger partial charge in [0, 0.05) is 23.2 Å². The Hall–Kier alpha value is -2.90. The molecule has 1 heterocycles. The molecule has 0 saturated carbocycles. The van der Waals surface area contributed by atoms with Crippen LogP contribution in [0.2, 0.25) is 0 Å². The van der Waals surface area contributed by atoms with E-state index < -0.39 is 15.7 Å². The molecule has 2 aliphatic rings. The van der Waals surface area contributed by atoms with Crippen molar-refractivity contribution < 1.29 is 17.5 Å². The quantitative estimate of drug-likeness (QED) is 0.553. The Bertz CT molecular complexity index is 1280. The van der Waals surface area contributed by atoms with Crippen LogP contribution in [-0.2, 0) is 9.84 Å². The standard InChI is InChI=1S/C24H22ClFN2O3S/c1-3-12-32(29,30)18-7-4-6-16(13-18)31-17-10-11-22(26)20(14-17)23-19-8-5-9-21(25)24(19)28(2)15-27-23/h4-11,13-15,24H,3,12H2,1-2H3. The first-order chi connectivity index (χ1) is 15.3. The summed E-state index contributed by atoms with van der Waals surface area (Å²) in [5.74, 6) is 0.336. The zero-order valence-electron chi connectivity index (χ0n) is 17.6. The van der Waals surface area contributed by atoms with E-state index in [1.807, 2.05) is 31.0 Å². The third-order valence-corrected chi connectivity index (χ3v) is 7.45. The lowest BCUT2D eigenvalue weighted by molar-refractivity contribution is 0.473. The molecule has 5 nitrogen and oxygen atoms in total. The number of sulfone groups is 1. The maximum absolute atomic E-state index is 14.8. The summed E-state index contributed by atoms with van der Waals surface area (Å²) >= 11 is 6.40. The zero-order chi connectivity index (χ0) is 22.9. The Balaban J connectivity index is 1.70. The minimum absolute atomic E-state index is 0.0617. The van der Waals surface area contributed by atoms with Crippen molar-refractivity contribution in [2.45, 2.75) is 24.3 Å². The van der Waals surface area contributed by atoms with Crippen LogP contribution in [0, 0.1) is 5.82 Å². The smallest absolute Gasteiger partial charge is 0.178 e. The minimum Gasteiger partial charge on any atom is -0.457 e. The molecule has 1 atom stereocenters. The Labute approximate surface area is 192 Å². The predicted octanol–water partition coefficient (Wildman–Crippen LogP) is 5.55. The average Bonchev–Trinajstić information content (AvgIpc) is 2.76. The SMILES string of the molecule is CCCS(=O)(=O)c1cccc(Oc2ccc(F)c(C3=C4C=CC=C(Cl)C4N(C)C=N3)c2)c1. The maximum Gasteiger partial charge on any atom is 0.178 e. The van der Waals surface area contributed by atoms with Crippen molar-refractivity contribution in [3.8, 4) is 11.5 Å². The van der Waals surface area contributed by atoms with Crippen LogP contribution in [-0.4, -0.2) is 38.5 Å². The second-order valence-corrected chi connectivity index (χ2v) is 10.1. The highest BCUT2D eigenvalue weighted by molar-refractivity contribution is 7.91. The monoisotopic (exact) mass is 472 g/mol. The van der Waals surface area contributed by atoms with Gasteiger partial charge in [0.05, 0.1) is 28.7 Å². The summed E-state index contributed by atoms with van der Waals surface area (Å²) in [5.41, 5.74) is 1.53. The maximum atomic E-state index is 14.8. The van der Waals surface area contributed by atoms with E-state index in [-0.39, 0.29) is 22.3 Å². The van der Waals surface area contributed by atoms with Gasteiger partial charge in [-0.2, -0.15) is 0 Å². The fraction of sp³-hybridized carbons (Fsp3) is 0.208. The van der Waals surface area contributed by atoms with Crippen LogP contribution in [0.5, 0.6) is 11.5 Å². The number of rotatable bonds is 6. The van der Waals surface area contributed by atoms with Crippen LogP contribution in [0.15, 0.2) is 81.2 Å². The van der Waals surface area contributed by atoms with Gasteiger partial charge in [0.2, 0.25) is 0 Å². The molecule has 0 aromatic heterocycles. The second-order valence-electron chi connectivity index (χ2n) is 7.56. The molecule has 0 bridgehead atoms. The Morgan fingerprint density at radius 1 is 1.19 bits per heavy atom. The first-order valence-corrected chi connectivity index (χ1v) is 12.2. The van der Waals surface area contributed by atoms with E-state index in [1.165, 1.54) is 18.2 Å². The van der Waals surface area contributed by atoms with E-state index in [4.69, 9.17) is 16.3 Å². The summed E-state index contributed by atoms with van der Waals surface area (Å²) in [7, 11) is -1.52. The third-order valence-electron chi connectivity index (χ3n) is 5.20. The summed E-state index contributed by atoms with van der Waals surface area (Å²) in [6.45, 7) is 1.81. The van der Waals surface area contributed by atoms with Crippen molar-refractivity contribution in [1.82, 2.24) is 4.90 Å². The van der Waals surface area contributed by atoms with Crippen molar-refractivity contribution >= 4 is 33.5 Å². The van der Waals surface area contributed by atoms with E-state index in [0.29, 0.717) is 28.6 Å². The van der Waals surface area contributed by atoms with Crippen LogP contribution >= 0.6 is 11.6 Å². The minimum atomic E-state index is -3.38. The van der Waals surface area contributed by atoms with Gasteiger partial charge in [-0.25, -0.2) is 17.8 Å². The summed E-state index contributed by atoms with van der Waals surface area (Å²) in [6, 6.07) is 10.4. The lowest BCUT2D eigenvalue weighted by Crippen LogP contribution is -2.36. The average molecular weight is 473 g/mol. The number of fused-ring (bicyclic) bond motifs is 1. The van der Waals surface area contributed by atoms with Gasteiger partial charge in [-0.3, -0.25) is 0 Å². The molecule has 166 valence electrons. The van der Waals surface area contributed by atoms with Crippen LogP contribution in [0.4, 0.5) is 4.39 Å². The van der Waals surface area contributed by atoms with E-state index >= 15 is 0 Å². The summed E-state index contributed by atoms with van der Waals surface area (Å²) in [5, 5.41) is 0.617. The molecule has 32 heavy (non-hydrogen) atoms. The molecular formula is C24H22ClFN2O3S. The lowest BCUT2D eigenvalue weighted by atomic mass is 9.94. The summed E-state index contributed by atoms with van der Waals surface area (Å²) < 4.78 is 45.5. The van der Waals surface area contributed by atoms with Crippen molar-refractivity contribution in [3.63, 3.8) is 0 Å². The van der Waals surface area contributed by atoms with E-state index in [1.54, 1.807) is 36.7 Å². The van der Waals surface area contributed by atoms with Gasteiger partial charge in [0.15, 0.2) is 9.84 Å². The topological polar surface area (TPSA) is 59.0 Å². The highest BCUT2D eigenvalue weighted by Gasteiger charge is 2.29. The summed E-state index contributed by atoms with van der Waals surface area (Å²) in [6.07, 6.45) is 7.63. The second kappa shape index (κ2) is 8.92. The van der Waals surface area contributed by atoms with Crippen molar-refractivity contribution in [2.75, 3.05) is 12.8 Å². The van der Waals surface area contributed by atoms with Gasteiger partial charge in [0.1, 0.15) is 17.3 Å². The molecule has 0 amide bonds. The number of likely N-dealkylation sites (N-methyl/N-ethyl adjacent to an activating group) is 1. The molecule has 1 unspecified atom stereocenters. The van der Waals surface area contributed by atoms with Crippen LogP contribution in [0.3, 0.4) is 0 Å². The molecule has 0 spiro atoms. The Morgan fingerprint density at radius 2 is 1.97 bits per heavy atom. The van der Waals surface area contributed by atoms with Gasteiger partial charge in [0.25, 0.3) is 0 Å². The van der Waals surface area contributed by atoms with Gasteiger partial charge < -0.3 is 9.64 Å². The van der Waals surface area contributed by atoms with Crippen molar-refractivity contribution in [3.05, 3.63) is 82.7 Å². The largest absolute Gasteiger partial charge is 0.457 e.